The molecule has 0 aliphatic heterocycles. The van der Waals surface area contributed by atoms with Crippen LogP contribution in [0.1, 0.15) is 10.4 Å². The third-order valence-corrected chi connectivity index (χ3v) is 3.18. The summed E-state index contributed by atoms with van der Waals surface area (Å²) in [7, 11) is 0. The number of ketones is 1. The van der Waals surface area contributed by atoms with Crippen LogP contribution in [0.5, 0.6) is 0 Å². The van der Waals surface area contributed by atoms with Gasteiger partial charge in [0.2, 0.25) is 0 Å². The Kier molecular flexibility index (Phi) is 3.26. The average molecular weight is 298 g/mol. The van der Waals surface area contributed by atoms with Gasteiger partial charge in [-0.2, -0.15) is 0 Å². The Morgan fingerprint density at radius 3 is 2.64 bits per heavy atom. The number of carbonyl (C=O) groups excluding carboxylic acids is 1. The van der Waals surface area contributed by atoms with Gasteiger partial charge < -0.3 is 14.7 Å². The van der Waals surface area contributed by atoms with E-state index < -0.39 is 16.3 Å². The summed E-state index contributed by atoms with van der Waals surface area (Å²) in [4.78, 5) is 38.0. The molecular formula is C14H10N4O4. The van der Waals surface area contributed by atoms with Gasteiger partial charge in [0.25, 0.3) is 0 Å². The predicted octanol–water partition coefficient (Wildman–Crippen LogP) is 1.29. The van der Waals surface area contributed by atoms with E-state index in [1.54, 1.807) is 30.3 Å². The molecule has 0 saturated carbocycles. The molecule has 0 unspecified atom stereocenters. The molecule has 0 radical (unpaired) electrons. The van der Waals surface area contributed by atoms with Crippen molar-refractivity contribution in [1.29, 1.82) is 0 Å². The van der Waals surface area contributed by atoms with Crippen molar-refractivity contribution < 1.29 is 9.72 Å². The average Bonchev–Trinajstić information content (AvgIpc) is 2.96. The van der Waals surface area contributed by atoms with Gasteiger partial charge in [-0.05, 0) is 9.91 Å². The first-order chi connectivity index (χ1) is 10.6. The van der Waals surface area contributed by atoms with Crippen molar-refractivity contribution in [3.05, 3.63) is 75.0 Å². The van der Waals surface area contributed by atoms with E-state index in [0.717, 1.165) is 6.20 Å². The van der Waals surface area contributed by atoms with Gasteiger partial charge in [-0.3, -0.25) is 14.0 Å². The molecule has 2 heterocycles. The summed E-state index contributed by atoms with van der Waals surface area (Å²) in [6, 6.07) is 8.57. The molecule has 2 aromatic heterocycles. The van der Waals surface area contributed by atoms with Crippen LogP contribution in [-0.4, -0.2) is 24.7 Å². The molecule has 0 saturated heterocycles. The van der Waals surface area contributed by atoms with Crippen LogP contribution in [0.2, 0.25) is 0 Å². The zero-order valence-electron chi connectivity index (χ0n) is 11.2. The lowest BCUT2D eigenvalue weighted by Gasteiger charge is -2.04. The van der Waals surface area contributed by atoms with Crippen molar-refractivity contribution in [3.63, 3.8) is 0 Å². The highest BCUT2D eigenvalue weighted by Crippen LogP contribution is 2.09. The largest absolute Gasteiger partial charge is 0.382 e. The van der Waals surface area contributed by atoms with Crippen LogP contribution in [-0.2, 0) is 6.54 Å². The fourth-order valence-electron chi connectivity index (χ4n) is 2.08. The van der Waals surface area contributed by atoms with E-state index >= 15 is 0 Å². The monoisotopic (exact) mass is 298 g/mol. The number of aromatic nitrogens is 3. The Morgan fingerprint density at radius 2 is 1.95 bits per heavy atom. The number of hydrogen-bond acceptors (Lipinski definition) is 5. The van der Waals surface area contributed by atoms with Gasteiger partial charge in [0, 0.05) is 18.0 Å². The lowest BCUT2D eigenvalue weighted by molar-refractivity contribution is -0.389. The fraction of sp³-hybridized carbons (Fsp3) is 0.0714. The Balaban J connectivity index is 1.98. The number of Topliss-reactive ketones (excluding diaryl/α,β-unsaturated/α-hetero) is 1. The van der Waals surface area contributed by atoms with Gasteiger partial charge in [0.15, 0.2) is 5.78 Å². The van der Waals surface area contributed by atoms with E-state index in [-0.39, 0.29) is 18.0 Å². The lowest BCUT2D eigenvalue weighted by Crippen LogP contribution is -2.25. The second kappa shape index (κ2) is 5.24. The van der Waals surface area contributed by atoms with Crippen LogP contribution in [0, 0.1) is 10.1 Å². The van der Waals surface area contributed by atoms with E-state index in [4.69, 9.17) is 0 Å². The summed E-state index contributed by atoms with van der Waals surface area (Å²) >= 11 is 0. The van der Waals surface area contributed by atoms with Crippen molar-refractivity contribution in [1.82, 2.24) is 14.0 Å². The number of nitro groups is 1. The molecule has 22 heavy (non-hydrogen) atoms. The maximum absolute atomic E-state index is 12.2. The summed E-state index contributed by atoms with van der Waals surface area (Å²) in [5.74, 6) is -0.641. The number of hydrogen-bond donors (Lipinski definition) is 0. The maximum Gasteiger partial charge on any atom is 0.382 e. The van der Waals surface area contributed by atoms with Crippen LogP contribution < -0.4 is 5.56 Å². The first-order valence-corrected chi connectivity index (χ1v) is 6.37. The molecule has 0 fully saturated rings. The molecule has 0 aliphatic carbocycles. The number of nitrogens with zero attached hydrogens (tertiary/aromatic N) is 4. The minimum atomic E-state index is -0.675. The third kappa shape index (κ3) is 2.37. The second-order valence-electron chi connectivity index (χ2n) is 4.61. The van der Waals surface area contributed by atoms with Crippen LogP contribution in [0.4, 0.5) is 5.82 Å². The van der Waals surface area contributed by atoms with Gasteiger partial charge in [0.05, 0.1) is 6.54 Å². The zero-order chi connectivity index (χ0) is 15.7. The molecule has 0 aliphatic rings. The summed E-state index contributed by atoms with van der Waals surface area (Å²) < 4.78 is 2.45. The minimum absolute atomic E-state index is 0.0879. The molecule has 110 valence electrons. The van der Waals surface area contributed by atoms with E-state index in [2.05, 4.69) is 4.98 Å². The summed E-state index contributed by atoms with van der Waals surface area (Å²) in [6.07, 6.45) is 4.01. The normalized spacial score (nSPS) is 10.7. The van der Waals surface area contributed by atoms with Gasteiger partial charge in [-0.1, -0.05) is 30.3 Å². The molecule has 1 aromatic carbocycles. The SMILES string of the molecule is O=C(Cn1ccn2cc([N+](=O)[O-])nc2c1=O)c1ccccc1. The molecule has 0 N–H and O–H groups in total. The first kappa shape index (κ1) is 13.7. The van der Waals surface area contributed by atoms with Crippen LogP contribution >= 0.6 is 0 Å². The molecule has 0 amide bonds. The van der Waals surface area contributed by atoms with E-state index in [9.17, 15) is 19.7 Å². The first-order valence-electron chi connectivity index (χ1n) is 6.37. The van der Waals surface area contributed by atoms with E-state index in [1.807, 2.05) is 0 Å². The topological polar surface area (TPSA) is 99.5 Å². The fourth-order valence-corrected chi connectivity index (χ4v) is 2.08. The van der Waals surface area contributed by atoms with Crippen LogP contribution in [0.3, 0.4) is 0 Å². The lowest BCUT2D eigenvalue weighted by atomic mass is 10.1. The molecule has 3 aromatic rings. The Bertz CT molecular complexity index is 927. The second-order valence-corrected chi connectivity index (χ2v) is 4.61. The summed E-state index contributed by atoms with van der Waals surface area (Å²) in [5, 5.41) is 10.7. The van der Waals surface area contributed by atoms with Crippen molar-refractivity contribution in [2.45, 2.75) is 6.54 Å². The highest BCUT2D eigenvalue weighted by atomic mass is 16.6. The summed E-state index contributed by atoms with van der Waals surface area (Å²) in [5.41, 5.74) is -0.154. The quantitative estimate of drug-likeness (QED) is 0.410. The molecule has 8 nitrogen and oxygen atoms in total. The Hall–Kier alpha value is -3.29. The van der Waals surface area contributed by atoms with E-state index in [0.29, 0.717) is 5.56 Å². The number of imidazole rings is 1. The Labute approximate surface area is 123 Å². The number of carbonyl (C=O) groups is 1. The van der Waals surface area contributed by atoms with E-state index in [1.165, 1.54) is 21.4 Å². The van der Waals surface area contributed by atoms with Gasteiger partial charge >= 0.3 is 17.0 Å². The smallest absolute Gasteiger partial charge is 0.358 e. The third-order valence-electron chi connectivity index (χ3n) is 3.18. The summed E-state index contributed by atoms with van der Waals surface area (Å²) in [6.45, 7) is -0.153. The molecule has 3 rings (SSSR count). The molecule has 0 atom stereocenters. The number of rotatable bonds is 4. The van der Waals surface area contributed by atoms with Crippen LogP contribution in [0.15, 0.2) is 53.7 Å². The maximum atomic E-state index is 12.2. The van der Waals surface area contributed by atoms with Gasteiger partial charge in [0.1, 0.15) is 6.20 Å². The van der Waals surface area contributed by atoms with Gasteiger partial charge in [-0.15, -0.1) is 0 Å². The van der Waals surface area contributed by atoms with Gasteiger partial charge in [-0.25, -0.2) is 0 Å². The van der Waals surface area contributed by atoms with Crippen LogP contribution in [0.25, 0.3) is 5.65 Å². The molecular weight excluding hydrogens is 288 g/mol. The van der Waals surface area contributed by atoms with Crippen molar-refractivity contribution in [3.8, 4) is 0 Å². The zero-order valence-corrected chi connectivity index (χ0v) is 11.2. The molecule has 8 heteroatoms. The highest BCUT2D eigenvalue weighted by molar-refractivity contribution is 5.95. The minimum Gasteiger partial charge on any atom is -0.358 e. The number of benzene rings is 1. The Morgan fingerprint density at radius 1 is 1.23 bits per heavy atom. The standard InChI is InChI=1S/C14H10N4O4/c19-11(10-4-2-1-3-5-10)8-17-7-6-16-9-12(18(21)22)15-13(16)14(17)20/h1-7,9H,8H2. The molecule has 0 spiro atoms. The number of fused-ring (bicyclic) bond motifs is 1. The highest BCUT2D eigenvalue weighted by Gasteiger charge is 2.18. The predicted molar refractivity (Wildman–Crippen MR) is 76.9 cm³/mol. The van der Waals surface area contributed by atoms with Crippen molar-refractivity contribution >= 4 is 17.2 Å². The molecule has 0 bridgehead atoms. The van der Waals surface area contributed by atoms with Crippen molar-refractivity contribution in [2.75, 3.05) is 0 Å². The van der Waals surface area contributed by atoms with Crippen molar-refractivity contribution in [2.24, 2.45) is 0 Å².